The van der Waals surface area contributed by atoms with Crippen molar-refractivity contribution < 1.29 is 13.9 Å². The van der Waals surface area contributed by atoms with Crippen molar-refractivity contribution >= 4 is 11.6 Å². The van der Waals surface area contributed by atoms with Crippen LogP contribution in [0.3, 0.4) is 0 Å². The average Bonchev–Trinajstić information content (AvgIpc) is 2.92. The largest absolute Gasteiger partial charge is 0.363 e. The monoisotopic (exact) mass is 386 g/mol. The van der Waals surface area contributed by atoms with Crippen LogP contribution >= 0.6 is 0 Å². The highest BCUT2D eigenvalue weighted by molar-refractivity contribution is 5.95. The predicted octanol–water partition coefficient (Wildman–Crippen LogP) is 2.57. The first-order valence-corrected chi connectivity index (χ1v) is 9.78. The normalized spacial score (nSPS) is 20.1. The highest BCUT2D eigenvalue weighted by Gasteiger charge is 2.42. The molecule has 2 aliphatic heterocycles. The molecule has 2 aliphatic rings. The minimum absolute atomic E-state index is 0.0529. The van der Waals surface area contributed by atoms with Gasteiger partial charge in [-0.1, -0.05) is 6.07 Å². The van der Waals surface area contributed by atoms with Crippen LogP contribution in [0.25, 0.3) is 0 Å². The molecule has 3 heterocycles. The second kappa shape index (κ2) is 7.29. The molecule has 0 bridgehead atoms. The third kappa shape index (κ3) is 3.56. The maximum Gasteiger partial charge on any atom is 0.253 e. The van der Waals surface area contributed by atoms with Crippen molar-refractivity contribution in [2.75, 3.05) is 31.1 Å². The smallest absolute Gasteiger partial charge is 0.253 e. The number of hydrogen-bond donors (Lipinski definition) is 0. The number of amides is 1. The number of benzene rings is 1. The van der Waals surface area contributed by atoms with E-state index in [1.54, 1.807) is 17.0 Å². The molecule has 2 aromatic rings. The van der Waals surface area contributed by atoms with Gasteiger partial charge in [0.1, 0.15) is 12.4 Å². The Morgan fingerprint density at radius 3 is 2.64 bits per heavy atom. The molecular weight excluding hydrogens is 359 g/mol. The first kappa shape index (κ1) is 19.1. The standard InChI is InChI=1S/C21H27FN4O2/c1-15-19(16(2)24(3)23-15)12-25-9-7-21(8-10-25)14-26(20(27)13-28-21)18-6-4-5-17(22)11-18/h4-6,11H,7-10,12-14H2,1-3H3. The summed E-state index contributed by atoms with van der Waals surface area (Å²) >= 11 is 0. The second-order valence-corrected chi connectivity index (χ2v) is 7.98. The summed E-state index contributed by atoms with van der Waals surface area (Å²) in [6.45, 7) is 7.38. The number of anilines is 1. The van der Waals surface area contributed by atoms with Crippen molar-refractivity contribution in [2.45, 2.75) is 38.8 Å². The van der Waals surface area contributed by atoms with Gasteiger partial charge in [0.25, 0.3) is 5.91 Å². The number of carbonyl (C=O) groups is 1. The lowest BCUT2D eigenvalue weighted by Gasteiger charge is -2.47. The number of morpholine rings is 1. The number of rotatable bonds is 3. The summed E-state index contributed by atoms with van der Waals surface area (Å²) in [4.78, 5) is 16.5. The maximum absolute atomic E-state index is 13.6. The number of carbonyl (C=O) groups excluding carboxylic acids is 1. The molecule has 1 spiro atoms. The number of aromatic nitrogens is 2. The number of piperidine rings is 1. The molecule has 0 unspecified atom stereocenters. The number of likely N-dealkylation sites (tertiary alicyclic amines) is 1. The van der Waals surface area contributed by atoms with E-state index in [0.29, 0.717) is 12.2 Å². The minimum Gasteiger partial charge on any atom is -0.363 e. The summed E-state index contributed by atoms with van der Waals surface area (Å²) in [5, 5.41) is 4.51. The molecule has 0 aliphatic carbocycles. The molecule has 0 atom stereocenters. The first-order chi connectivity index (χ1) is 13.4. The number of nitrogens with zero attached hydrogens (tertiary/aromatic N) is 4. The van der Waals surface area contributed by atoms with Crippen molar-refractivity contribution in [1.29, 1.82) is 0 Å². The summed E-state index contributed by atoms with van der Waals surface area (Å²) in [5.74, 6) is -0.442. The Balaban J connectivity index is 1.44. The minimum atomic E-state index is -0.351. The van der Waals surface area contributed by atoms with Crippen LogP contribution in [0.15, 0.2) is 24.3 Å². The molecular formula is C21H27FN4O2. The summed E-state index contributed by atoms with van der Waals surface area (Å²) in [6.07, 6.45) is 1.70. The molecule has 0 radical (unpaired) electrons. The SMILES string of the molecule is Cc1nn(C)c(C)c1CN1CCC2(CC1)CN(c1cccc(F)c1)C(=O)CO2. The average molecular weight is 386 g/mol. The van der Waals surface area contributed by atoms with E-state index in [4.69, 9.17) is 4.74 Å². The molecule has 1 aromatic heterocycles. The highest BCUT2D eigenvalue weighted by Crippen LogP contribution is 2.33. The van der Waals surface area contributed by atoms with Crippen LogP contribution in [0.5, 0.6) is 0 Å². The lowest BCUT2D eigenvalue weighted by Crippen LogP contribution is -2.58. The van der Waals surface area contributed by atoms with Gasteiger partial charge in [0.15, 0.2) is 0 Å². The summed E-state index contributed by atoms with van der Waals surface area (Å²) in [6, 6.07) is 6.23. The lowest BCUT2D eigenvalue weighted by molar-refractivity contribution is -0.145. The Bertz CT molecular complexity index is 887. The quantitative estimate of drug-likeness (QED) is 0.814. The van der Waals surface area contributed by atoms with Gasteiger partial charge in [0.2, 0.25) is 0 Å². The van der Waals surface area contributed by atoms with E-state index in [-0.39, 0.29) is 23.9 Å². The molecule has 7 heteroatoms. The van der Waals surface area contributed by atoms with Crippen LogP contribution in [0.1, 0.15) is 29.8 Å². The van der Waals surface area contributed by atoms with Crippen LogP contribution in [0.2, 0.25) is 0 Å². The van der Waals surface area contributed by atoms with Crippen molar-refractivity contribution in [1.82, 2.24) is 14.7 Å². The van der Waals surface area contributed by atoms with Crippen molar-refractivity contribution in [3.8, 4) is 0 Å². The van der Waals surface area contributed by atoms with E-state index in [2.05, 4.69) is 23.8 Å². The van der Waals surface area contributed by atoms with Crippen LogP contribution in [-0.2, 0) is 23.1 Å². The Morgan fingerprint density at radius 2 is 2.00 bits per heavy atom. The number of halogens is 1. The molecule has 1 aromatic carbocycles. The molecule has 28 heavy (non-hydrogen) atoms. The summed E-state index contributed by atoms with van der Waals surface area (Å²) in [7, 11) is 1.98. The van der Waals surface area contributed by atoms with Crippen LogP contribution in [-0.4, -0.2) is 52.4 Å². The van der Waals surface area contributed by atoms with Gasteiger partial charge >= 0.3 is 0 Å². The molecule has 2 saturated heterocycles. The van der Waals surface area contributed by atoms with E-state index in [1.165, 1.54) is 23.4 Å². The molecule has 0 N–H and O–H groups in total. The van der Waals surface area contributed by atoms with Crippen LogP contribution in [0.4, 0.5) is 10.1 Å². The molecule has 0 saturated carbocycles. The fourth-order valence-corrected chi connectivity index (χ4v) is 4.29. The summed E-state index contributed by atoms with van der Waals surface area (Å²) in [5.41, 5.74) is 3.83. The Hall–Kier alpha value is -2.25. The van der Waals surface area contributed by atoms with E-state index >= 15 is 0 Å². The zero-order valence-electron chi connectivity index (χ0n) is 16.7. The number of ether oxygens (including phenoxy) is 1. The lowest BCUT2D eigenvalue weighted by atomic mass is 9.88. The summed E-state index contributed by atoms with van der Waals surface area (Å²) < 4.78 is 21.6. The van der Waals surface area contributed by atoms with Gasteiger partial charge in [-0.05, 0) is 44.9 Å². The zero-order chi connectivity index (χ0) is 19.9. The second-order valence-electron chi connectivity index (χ2n) is 7.98. The van der Waals surface area contributed by atoms with E-state index < -0.39 is 0 Å². The van der Waals surface area contributed by atoms with Gasteiger partial charge in [-0.25, -0.2) is 4.39 Å². The third-order valence-electron chi connectivity index (χ3n) is 6.18. The third-order valence-corrected chi connectivity index (χ3v) is 6.18. The van der Waals surface area contributed by atoms with Crippen molar-refractivity contribution in [3.05, 3.63) is 47.0 Å². The Kier molecular flexibility index (Phi) is 4.97. The van der Waals surface area contributed by atoms with E-state index in [1.807, 2.05) is 11.7 Å². The first-order valence-electron chi connectivity index (χ1n) is 9.78. The van der Waals surface area contributed by atoms with Crippen molar-refractivity contribution in [2.24, 2.45) is 7.05 Å². The molecule has 1 amide bonds. The fourth-order valence-electron chi connectivity index (χ4n) is 4.29. The van der Waals surface area contributed by atoms with Gasteiger partial charge in [-0.3, -0.25) is 14.4 Å². The van der Waals surface area contributed by atoms with Crippen LogP contribution < -0.4 is 4.90 Å². The molecule has 4 rings (SSSR count). The topological polar surface area (TPSA) is 50.6 Å². The van der Waals surface area contributed by atoms with Crippen molar-refractivity contribution in [3.63, 3.8) is 0 Å². The van der Waals surface area contributed by atoms with Gasteiger partial charge in [-0.15, -0.1) is 0 Å². The van der Waals surface area contributed by atoms with E-state index in [9.17, 15) is 9.18 Å². The fraction of sp³-hybridized carbons (Fsp3) is 0.524. The number of hydrogen-bond acceptors (Lipinski definition) is 4. The Morgan fingerprint density at radius 1 is 1.25 bits per heavy atom. The van der Waals surface area contributed by atoms with Gasteiger partial charge in [-0.2, -0.15) is 5.10 Å². The zero-order valence-corrected chi connectivity index (χ0v) is 16.7. The number of aryl methyl sites for hydroxylation is 2. The van der Waals surface area contributed by atoms with Gasteiger partial charge in [0, 0.05) is 43.6 Å². The molecule has 6 nitrogen and oxygen atoms in total. The molecule has 2 fully saturated rings. The highest BCUT2D eigenvalue weighted by atomic mass is 19.1. The van der Waals surface area contributed by atoms with Crippen LogP contribution in [0, 0.1) is 19.7 Å². The van der Waals surface area contributed by atoms with Gasteiger partial charge < -0.3 is 9.64 Å². The maximum atomic E-state index is 13.6. The van der Waals surface area contributed by atoms with Gasteiger partial charge in [0.05, 0.1) is 17.8 Å². The predicted molar refractivity (Wildman–Crippen MR) is 105 cm³/mol. The molecule has 150 valence electrons. The van der Waals surface area contributed by atoms with E-state index in [0.717, 1.165) is 38.2 Å². The Labute approximate surface area is 164 Å².